The molecule has 5 rings (SSSR count). The van der Waals surface area contributed by atoms with Crippen molar-refractivity contribution in [2.24, 2.45) is 5.92 Å². The van der Waals surface area contributed by atoms with Crippen molar-refractivity contribution < 1.29 is 9.21 Å². The van der Waals surface area contributed by atoms with E-state index in [2.05, 4.69) is 11.0 Å². The number of carbonyl (C=O) groups is 1. The van der Waals surface area contributed by atoms with Crippen molar-refractivity contribution in [3.8, 4) is 0 Å². The van der Waals surface area contributed by atoms with Gasteiger partial charge in [0.2, 0.25) is 0 Å². The highest BCUT2D eigenvalue weighted by molar-refractivity contribution is 7.97. The third-order valence-electron chi connectivity index (χ3n) is 6.72. The number of hydrogen-bond acceptors (Lipinski definition) is 5. The lowest BCUT2D eigenvalue weighted by atomic mass is 9.83. The van der Waals surface area contributed by atoms with Gasteiger partial charge in [-0.05, 0) is 62.7 Å². The molecule has 6 nitrogen and oxygen atoms in total. The van der Waals surface area contributed by atoms with Crippen LogP contribution in [0.2, 0.25) is 0 Å². The lowest BCUT2D eigenvalue weighted by molar-refractivity contribution is 0.0562. The number of piperidine rings is 1. The molecule has 30 heavy (non-hydrogen) atoms. The van der Waals surface area contributed by atoms with Crippen molar-refractivity contribution in [3.05, 3.63) is 57.4 Å². The third-order valence-corrected chi connectivity index (χ3v) is 7.30. The van der Waals surface area contributed by atoms with Crippen LogP contribution < -0.4 is 5.56 Å². The first-order valence-electron chi connectivity index (χ1n) is 10.9. The Labute approximate surface area is 181 Å². The summed E-state index contributed by atoms with van der Waals surface area (Å²) < 4.78 is 7.75. The van der Waals surface area contributed by atoms with Crippen LogP contribution in [0.15, 0.2) is 33.5 Å². The Morgan fingerprint density at radius 3 is 2.77 bits per heavy atom. The quantitative estimate of drug-likeness (QED) is 0.734. The number of aromatic nitrogens is 1. The second-order valence-electron chi connectivity index (χ2n) is 8.89. The number of furan rings is 1. The summed E-state index contributed by atoms with van der Waals surface area (Å²) >= 11 is 1.68. The molecule has 2 aromatic heterocycles. The summed E-state index contributed by atoms with van der Waals surface area (Å²) in [6.07, 6.45) is 5.53. The van der Waals surface area contributed by atoms with E-state index in [1.54, 1.807) is 17.8 Å². The van der Waals surface area contributed by atoms with Crippen LogP contribution >= 0.6 is 11.8 Å². The van der Waals surface area contributed by atoms with Gasteiger partial charge in [0.05, 0.1) is 5.75 Å². The van der Waals surface area contributed by atoms with E-state index in [0.717, 1.165) is 48.8 Å². The maximum absolute atomic E-state index is 13.2. The van der Waals surface area contributed by atoms with Crippen molar-refractivity contribution in [1.82, 2.24) is 14.4 Å². The monoisotopic (exact) mass is 427 g/mol. The summed E-state index contributed by atoms with van der Waals surface area (Å²) in [6.45, 7) is 4.99. The Balaban J connectivity index is 1.35. The number of pyridine rings is 1. The molecule has 0 N–H and O–H groups in total. The predicted molar refractivity (Wildman–Crippen MR) is 118 cm³/mol. The molecule has 3 aliphatic rings. The molecule has 0 aliphatic carbocycles. The minimum atomic E-state index is -0.0292. The van der Waals surface area contributed by atoms with E-state index in [0.29, 0.717) is 31.3 Å². The molecule has 2 saturated heterocycles. The van der Waals surface area contributed by atoms with E-state index in [4.69, 9.17) is 4.42 Å². The van der Waals surface area contributed by atoms with E-state index < -0.39 is 0 Å². The fourth-order valence-corrected chi connectivity index (χ4v) is 5.77. The van der Waals surface area contributed by atoms with E-state index in [1.807, 2.05) is 27.9 Å². The molecule has 3 aliphatic heterocycles. The van der Waals surface area contributed by atoms with Crippen LogP contribution in [0.3, 0.4) is 0 Å². The van der Waals surface area contributed by atoms with Crippen molar-refractivity contribution in [2.45, 2.75) is 44.0 Å². The number of likely N-dealkylation sites (tertiary alicyclic amines) is 2. The topological polar surface area (TPSA) is 58.7 Å². The minimum absolute atomic E-state index is 0.0292. The number of amides is 1. The fraction of sp³-hybridized carbons (Fsp3) is 0.565. The molecule has 0 unspecified atom stereocenters. The smallest absolute Gasteiger partial charge is 0.289 e. The molecular formula is C23H29N3O3S. The first-order chi connectivity index (χ1) is 14.6. The Bertz CT molecular complexity index is 992. The average molecular weight is 428 g/mol. The first-order valence-corrected chi connectivity index (χ1v) is 12.3. The van der Waals surface area contributed by atoms with Crippen LogP contribution in [-0.2, 0) is 18.8 Å². The normalized spacial score (nSPS) is 23.6. The van der Waals surface area contributed by atoms with Gasteiger partial charge in [-0.2, -0.15) is 11.8 Å². The van der Waals surface area contributed by atoms with Crippen LogP contribution in [0.5, 0.6) is 0 Å². The number of fused-ring (bicyclic) bond motifs is 4. The van der Waals surface area contributed by atoms with E-state index in [-0.39, 0.29) is 17.4 Å². The molecule has 5 heterocycles. The lowest BCUT2D eigenvalue weighted by Gasteiger charge is -2.42. The van der Waals surface area contributed by atoms with Gasteiger partial charge in [0.1, 0.15) is 5.76 Å². The zero-order valence-corrected chi connectivity index (χ0v) is 18.3. The van der Waals surface area contributed by atoms with Gasteiger partial charge in [-0.3, -0.25) is 14.5 Å². The molecular weight excluding hydrogens is 398 g/mol. The Hall–Kier alpha value is -1.99. The molecule has 160 valence electrons. The number of hydrogen-bond donors (Lipinski definition) is 0. The number of nitrogens with zero attached hydrogens (tertiary/aromatic N) is 3. The van der Waals surface area contributed by atoms with Crippen molar-refractivity contribution in [2.75, 3.05) is 32.4 Å². The number of thioether (sulfide) groups is 1. The summed E-state index contributed by atoms with van der Waals surface area (Å²) in [7, 11) is 0. The zero-order valence-electron chi connectivity index (χ0n) is 17.5. The molecule has 0 radical (unpaired) electrons. The number of carbonyl (C=O) groups excluding carboxylic acids is 1. The van der Waals surface area contributed by atoms with Gasteiger partial charge in [0.15, 0.2) is 5.76 Å². The summed E-state index contributed by atoms with van der Waals surface area (Å²) in [5.74, 6) is 2.55. The van der Waals surface area contributed by atoms with Crippen LogP contribution in [0, 0.1) is 5.92 Å². The van der Waals surface area contributed by atoms with Crippen molar-refractivity contribution in [1.29, 1.82) is 0 Å². The Morgan fingerprint density at radius 1 is 1.13 bits per heavy atom. The predicted octanol–water partition coefficient (Wildman–Crippen LogP) is 3.16. The molecule has 2 aromatic rings. The highest BCUT2D eigenvalue weighted by atomic mass is 32.2. The standard InChI is InChI=1S/C23H29N3O3S/c1-30-15-19-5-7-21(29-19)23(28)25-11-16-10-18(14-25)20-6-4-17(22(27)26(20)12-16)13-24-8-2-3-9-24/h4-7,16,18H,2-3,8-15H2,1H3/t16-,18+/m0/s1. The Kier molecular flexibility index (Phi) is 5.50. The van der Waals surface area contributed by atoms with Crippen molar-refractivity contribution in [3.63, 3.8) is 0 Å². The summed E-state index contributed by atoms with van der Waals surface area (Å²) in [4.78, 5) is 30.5. The molecule has 2 fully saturated rings. The maximum Gasteiger partial charge on any atom is 0.289 e. The molecule has 2 bridgehead atoms. The SMILES string of the molecule is CSCc1ccc(C(=O)N2C[C@@H]3C[C@H](C2)c2ccc(CN4CCCC4)c(=O)n2C3)o1. The molecule has 0 aromatic carbocycles. The highest BCUT2D eigenvalue weighted by Gasteiger charge is 2.37. The van der Waals surface area contributed by atoms with Gasteiger partial charge < -0.3 is 13.9 Å². The van der Waals surface area contributed by atoms with Gasteiger partial charge in [-0.15, -0.1) is 0 Å². The minimum Gasteiger partial charge on any atom is -0.455 e. The van der Waals surface area contributed by atoms with Crippen LogP contribution in [0.25, 0.3) is 0 Å². The second-order valence-corrected chi connectivity index (χ2v) is 9.76. The number of rotatable bonds is 5. The van der Waals surface area contributed by atoms with E-state index >= 15 is 0 Å². The van der Waals surface area contributed by atoms with E-state index in [9.17, 15) is 9.59 Å². The zero-order chi connectivity index (χ0) is 20.7. The molecule has 7 heteroatoms. The van der Waals surface area contributed by atoms with Gasteiger partial charge in [-0.1, -0.05) is 6.07 Å². The highest BCUT2D eigenvalue weighted by Crippen LogP contribution is 2.36. The molecule has 0 spiro atoms. The largest absolute Gasteiger partial charge is 0.455 e. The van der Waals surface area contributed by atoms with Gasteiger partial charge >= 0.3 is 0 Å². The van der Waals surface area contributed by atoms with Crippen LogP contribution in [0.4, 0.5) is 0 Å². The molecule has 2 atom stereocenters. The van der Waals surface area contributed by atoms with Gasteiger partial charge in [0, 0.05) is 43.4 Å². The fourth-order valence-electron chi connectivity index (χ4n) is 5.33. The average Bonchev–Trinajstić information content (AvgIpc) is 3.42. The molecule has 0 saturated carbocycles. The summed E-state index contributed by atoms with van der Waals surface area (Å²) in [5, 5.41) is 0. The van der Waals surface area contributed by atoms with Gasteiger partial charge in [-0.25, -0.2) is 0 Å². The molecule has 1 amide bonds. The van der Waals surface area contributed by atoms with Crippen molar-refractivity contribution >= 4 is 17.7 Å². The third kappa shape index (κ3) is 3.73. The van der Waals surface area contributed by atoms with Crippen LogP contribution in [0.1, 0.15) is 52.8 Å². The Morgan fingerprint density at radius 2 is 1.97 bits per heavy atom. The summed E-state index contributed by atoms with van der Waals surface area (Å²) in [5.41, 5.74) is 2.16. The van der Waals surface area contributed by atoms with E-state index in [1.165, 1.54) is 12.8 Å². The maximum atomic E-state index is 13.2. The summed E-state index contributed by atoms with van der Waals surface area (Å²) in [6, 6.07) is 7.84. The van der Waals surface area contributed by atoms with Gasteiger partial charge in [0.25, 0.3) is 11.5 Å². The first kappa shape index (κ1) is 19.9. The second kappa shape index (κ2) is 8.27. The van der Waals surface area contributed by atoms with Crippen LogP contribution in [-0.4, -0.2) is 52.7 Å². The lowest BCUT2D eigenvalue weighted by Crippen LogP contribution is -2.49.